The molecule has 6 N–H and O–H groups in total. The highest BCUT2D eigenvalue weighted by molar-refractivity contribution is 7.47. The highest BCUT2D eigenvalue weighted by Gasteiger charge is 2.51. The average molecular weight is 895 g/mol. The smallest absolute Gasteiger partial charge is 0.462 e. The Hall–Kier alpha value is -1.15. The Kier molecular flexibility index (Phi) is 36.2. The Bertz CT molecular complexity index is 1080. The largest absolute Gasteiger partial charge is 0.472 e. The van der Waals surface area contributed by atoms with E-state index in [4.69, 9.17) is 18.5 Å². The summed E-state index contributed by atoms with van der Waals surface area (Å²) in [5, 5.41) is 50.1. The van der Waals surface area contributed by atoms with Crippen LogP contribution >= 0.6 is 7.82 Å². The Morgan fingerprint density at radius 3 is 1.08 bits per heavy atom. The number of carbonyl (C=O) groups excluding carboxylic acids is 2. The number of rotatable bonds is 42. The van der Waals surface area contributed by atoms with Crippen LogP contribution in [0.25, 0.3) is 0 Å². The fourth-order valence-electron chi connectivity index (χ4n) is 7.94. The zero-order valence-corrected chi connectivity index (χ0v) is 39.4. The third kappa shape index (κ3) is 30.6. The van der Waals surface area contributed by atoms with Crippen LogP contribution in [0.5, 0.6) is 0 Å². The Labute approximate surface area is 370 Å². The monoisotopic (exact) mass is 895 g/mol. The van der Waals surface area contributed by atoms with E-state index in [0.717, 1.165) is 44.9 Å². The average Bonchev–Trinajstić information content (AvgIpc) is 3.24. The lowest BCUT2D eigenvalue weighted by molar-refractivity contribution is -0.220. The number of aliphatic hydroxyl groups excluding tert-OH is 5. The van der Waals surface area contributed by atoms with E-state index >= 15 is 0 Å². The van der Waals surface area contributed by atoms with Gasteiger partial charge in [0.2, 0.25) is 0 Å². The van der Waals surface area contributed by atoms with Crippen LogP contribution in [0, 0.1) is 0 Å². The summed E-state index contributed by atoms with van der Waals surface area (Å²) in [7, 11) is -5.11. The minimum absolute atomic E-state index is 0.103. The minimum atomic E-state index is -5.11. The summed E-state index contributed by atoms with van der Waals surface area (Å²) in [6.07, 6.45) is 26.2. The molecule has 1 aliphatic carbocycles. The standard InChI is InChI=1S/C47H91O13P/c1-3-5-7-9-11-13-14-15-16-17-18-19-20-21-22-23-24-25-26-28-29-31-33-35-40(48)57-37-39(59-41(49)36-34-32-30-27-12-10-8-6-4-2)38-58-61(55,56)60-47-45(53)43(51)42(50)44(52)46(47)54/h39,42-47,50-54H,3-38H2,1-2H3,(H,55,56)/t39-,42?,43-,44?,45?,46?,47?/m0/s1. The van der Waals surface area contributed by atoms with Gasteiger partial charge in [-0.05, 0) is 12.8 Å². The van der Waals surface area contributed by atoms with Gasteiger partial charge in [-0.25, -0.2) is 4.57 Å². The second kappa shape index (κ2) is 38.2. The van der Waals surface area contributed by atoms with Gasteiger partial charge in [-0.15, -0.1) is 0 Å². The molecular formula is C47H91O13P. The van der Waals surface area contributed by atoms with Gasteiger partial charge in [0, 0.05) is 12.8 Å². The fourth-order valence-corrected chi connectivity index (χ4v) is 8.91. The van der Waals surface area contributed by atoms with Crippen LogP contribution in [0.1, 0.15) is 232 Å². The first kappa shape index (κ1) is 57.9. The summed E-state index contributed by atoms with van der Waals surface area (Å²) in [6, 6.07) is 0. The van der Waals surface area contributed by atoms with Crippen molar-refractivity contribution in [2.45, 2.75) is 275 Å². The molecule has 8 atom stereocenters. The van der Waals surface area contributed by atoms with Gasteiger partial charge in [-0.2, -0.15) is 0 Å². The zero-order valence-electron chi connectivity index (χ0n) is 38.5. The Morgan fingerprint density at radius 2 is 0.738 bits per heavy atom. The third-order valence-corrected chi connectivity index (χ3v) is 12.9. The summed E-state index contributed by atoms with van der Waals surface area (Å²) in [4.78, 5) is 35.6. The van der Waals surface area contributed by atoms with Gasteiger partial charge in [0.1, 0.15) is 43.2 Å². The molecule has 0 bridgehead atoms. The predicted octanol–water partition coefficient (Wildman–Crippen LogP) is 10.1. The van der Waals surface area contributed by atoms with Gasteiger partial charge < -0.3 is 39.9 Å². The summed E-state index contributed by atoms with van der Waals surface area (Å²) >= 11 is 0. The van der Waals surface area contributed by atoms with Crippen LogP contribution in [0.4, 0.5) is 0 Å². The number of hydrogen-bond donors (Lipinski definition) is 6. The quantitative estimate of drug-likeness (QED) is 0.0192. The molecule has 0 spiro atoms. The maximum absolute atomic E-state index is 12.8. The highest BCUT2D eigenvalue weighted by atomic mass is 31.2. The van der Waals surface area contributed by atoms with E-state index < -0.39 is 75.7 Å². The lowest BCUT2D eigenvalue weighted by atomic mass is 9.85. The van der Waals surface area contributed by atoms with Gasteiger partial charge in [0.25, 0.3) is 0 Å². The molecule has 0 aromatic rings. The lowest BCUT2D eigenvalue weighted by Gasteiger charge is -2.41. The SMILES string of the molecule is CCCCCCCCCCCCCCCCCCCCCCCCCC(=O)OC[C@@H](COP(=O)(O)OC1C(O)C(O)C(O)[C@H](O)C1O)OC(=O)CCCCCCCCCCC. The number of ether oxygens (including phenoxy) is 2. The zero-order chi connectivity index (χ0) is 45.0. The molecule has 61 heavy (non-hydrogen) atoms. The summed E-state index contributed by atoms with van der Waals surface area (Å²) in [6.45, 7) is 3.30. The molecule has 6 unspecified atom stereocenters. The molecule has 1 rings (SSSR count). The van der Waals surface area contributed by atoms with Crippen LogP contribution < -0.4 is 0 Å². The van der Waals surface area contributed by atoms with E-state index in [1.54, 1.807) is 0 Å². The van der Waals surface area contributed by atoms with Crippen LogP contribution in [-0.2, 0) is 32.7 Å². The first-order valence-corrected chi connectivity index (χ1v) is 26.3. The van der Waals surface area contributed by atoms with Crippen LogP contribution in [-0.4, -0.2) is 98.3 Å². The predicted molar refractivity (Wildman–Crippen MR) is 240 cm³/mol. The molecule has 362 valence electrons. The van der Waals surface area contributed by atoms with Crippen molar-refractivity contribution in [1.82, 2.24) is 0 Å². The lowest BCUT2D eigenvalue weighted by Crippen LogP contribution is -2.64. The number of carbonyl (C=O) groups is 2. The molecule has 0 aromatic heterocycles. The van der Waals surface area contributed by atoms with Crippen molar-refractivity contribution >= 4 is 19.8 Å². The maximum Gasteiger partial charge on any atom is 0.472 e. The highest BCUT2D eigenvalue weighted by Crippen LogP contribution is 2.47. The van der Waals surface area contributed by atoms with Crippen molar-refractivity contribution in [2.24, 2.45) is 0 Å². The number of hydrogen-bond acceptors (Lipinski definition) is 12. The summed E-state index contributed by atoms with van der Waals surface area (Å²) < 4.78 is 33.5. The van der Waals surface area contributed by atoms with Gasteiger partial charge in [0.05, 0.1) is 6.61 Å². The molecule has 14 heteroatoms. The van der Waals surface area contributed by atoms with Crippen molar-refractivity contribution in [2.75, 3.05) is 13.2 Å². The number of unbranched alkanes of at least 4 members (excludes halogenated alkanes) is 30. The third-order valence-electron chi connectivity index (χ3n) is 11.9. The van der Waals surface area contributed by atoms with Crippen LogP contribution in [0.3, 0.4) is 0 Å². The van der Waals surface area contributed by atoms with Crippen molar-refractivity contribution in [3.8, 4) is 0 Å². The molecule has 0 amide bonds. The van der Waals surface area contributed by atoms with Crippen LogP contribution in [0.15, 0.2) is 0 Å². The first-order chi connectivity index (χ1) is 29.4. The molecule has 13 nitrogen and oxygen atoms in total. The molecular weight excluding hydrogens is 803 g/mol. The summed E-state index contributed by atoms with van der Waals surface area (Å²) in [5.41, 5.74) is 0. The minimum Gasteiger partial charge on any atom is -0.462 e. The fraction of sp³-hybridized carbons (Fsp3) is 0.957. The van der Waals surface area contributed by atoms with E-state index in [1.807, 2.05) is 0 Å². The number of phosphoric acid groups is 1. The molecule has 1 fully saturated rings. The molecule has 0 heterocycles. The van der Waals surface area contributed by atoms with Crippen molar-refractivity contribution < 1.29 is 63.1 Å². The molecule has 1 saturated carbocycles. The molecule has 1 aliphatic rings. The van der Waals surface area contributed by atoms with E-state index in [9.17, 15) is 44.6 Å². The second-order valence-corrected chi connectivity index (χ2v) is 19.1. The van der Waals surface area contributed by atoms with Gasteiger partial charge in [-0.3, -0.25) is 18.6 Å². The second-order valence-electron chi connectivity index (χ2n) is 17.7. The molecule has 0 aliphatic heterocycles. The topological polar surface area (TPSA) is 210 Å². The number of esters is 2. The van der Waals surface area contributed by atoms with E-state index in [2.05, 4.69) is 13.8 Å². The number of aliphatic hydroxyl groups is 5. The van der Waals surface area contributed by atoms with Crippen LogP contribution in [0.2, 0.25) is 0 Å². The van der Waals surface area contributed by atoms with Crippen molar-refractivity contribution in [1.29, 1.82) is 0 Å². The Balaban J connectivity index is 2.29. The summed E-state index contributed by atoms with van der Waals surface area (Å²) in [5.74, 6) is -1.09. The number of phosphoric ester groups is 1. The Morgan fingerprint density at radius 1 is 0.443 bits per heavy atom. The van der Waals surface area contributed by atoms with Crippen molar-refractivity contribution in [3.05, 3.63) is 0 Å². The first-order valence-electron chi connectivity index (χ1n) is 24.8. The molecule has 0 radical (unpaired) electrons. The molecule has 0 aromatic carbocycles. The van der Waals surface area contributed by atoms with Gasteiger partial charge >= 0.3 is 19.8 Å². The van der Waals surface area contributed by atoms with Gasteiger partial charge in [-0.1, -0.05) is 206 Å². The van der Waals surface area contributed by atoms with E-state index in [0.29, 0.717) is 12.8 Å². The molecule has 0 saturated heterocycles. The van der Waals surface area contributed by atoms with Crippen molar-refractivity contribution in [3.63, 3.8) is 0 Å². The normalized spacial score (nSPS) is 21.9. The maximum atomic E-state index is 12.8. The van der Waals surface area contributed by atoms with Gasteiger partial charge in [0.15, 0.2) is 6.10 Å². The van der Waals surface area contributed by atoms with E-state index in [-0.39, 0.29) is 12.8 Å². The van der Waals surface area contributed by atoms with E-state index in [1.165, 1.54) is 148 Å².